The quantitative estimate of drug-likeness (QED) is 0.501. The molecule has 0 aliphatic carbocycles. The van der Waals surface area contributed by atoms with Crippen molar-refractivity contribution in [2.24, 2.45) is 0 Å². The van der Waals surface area contributed by atoms with E-state index in [0.29, 0.717) is 17.0 Å². The first-order valence-corrected chi connectivity index (χ1v) is 9.29. The molecular formula is C20H15N3O3S. The Morgan fingerprint density at radius 3 is 3.00 bits per heavy atom. The van der Waals surface area contributed by atoms with Crippen LogP contribution in [-0.2, 0) is 11.2 Å². The number of carbonyl (C=O) groups is 1. The molecule has 0 aliphatic rings. The van der Waals surface area contributed by atoms with E-state index in [4.69, 9.17) is 9.15 Å². The first-order chi connectivity index (χ1) is 13.2. The summed E-state index contributed by atoms with van der Waals surface area (Å²) in [6, 6.07) is 11.5. The van der Waals surface area contributed by atoms with E-state index in [9.17, 15) is 4.79 Å². The van der Waals surface area contributed by atoms with E-state index in [-0.39, 0.29) is 12.3 Å². The number of nitrogens with zero attached hydrogens (tertiary/aromatic N) is 2. The van der Waals surface area contributed by atoms with E-state index < -0.39 is 0 Å². The van der Waals surface area contributed by atoms with Gasteiger partial charge in [0.15, 0.2) is 4.96 Å². The number of nitrogens with one attached hydrogen (secondary N) is 1. The molecule has 6 nitrogen and oxygen atoms in total. The Morgan fingerprint density at radius 1 is 1.26 bits per heavy atom. The summed E-state index contributed by atoms with van der Waals surface area (Å²) in [5, 5.41) is 6.84. The van der Waals surface area contributed by atoms with Crippen molar-refractivity contribution in [3.8, 4) is 5.75 Å². The first kappa shape index (κ1) is 15.9. The number of hydrogen-bond acceptors (Lipinski definition) is 5. The number of carbonyl (C=O) groups excluding carboxylic acids is 1. The number of rotatable bonds is 4. The summed E-state index contributed by atoms with van der Waals surface area (Å²) >= 11 is 1.54. The van der Waals surface area contributed by atoms with Crippen LogP contribution in [0.5, 0.6) is 5.75 Å². The highest BCUT2D eigenvalue weighted by atomic mass is 32.1. The predicted octanol–water partition coefficient (Wildman–Crippen LogP) is 4.49. The molecule has 0 unspecified atom stereocenters. The number of aromatic nitrogens is 2. The van der Waals surface area contributed by atoms with Gasteiger partial charge in [-0.3, -0.25) is 9.20 Å². The zero-order chi connectivity index (χ0) is 18.4. The number of imidazole rings is 1. The number of hydrogen-bond donors (Lipinski definition) is 1. The molecule has 1 N–H and O–H groups in total. The Bertz CT molecular complexity index is 1270. The number of thiazole rings is 1. The summed E-state index contributed by atoms with van der Waals surface area (Å²) in [4.78, 5) is 17.8. The molecule has 7 heteroatoms. The number of furan rings is 1. The predicted molar refractivity (Wildman–Crippen MR) is 106 cm³/mol. The van der Waals surface area contributed by atoms with E-state index in [1.165, 1.54) is 11.3 Å². The van der Waals surface area contributed by atoms with Gasteiger partial charge in [0, 0.05) is 34.6 Å². The number of fused-ring (bicyclic) bond motifs is 4. The number of benzene rings is 2. The van der Waals surface area contributed by atoms with Gasteiger partial charge in [0.1, 0.15) is 16.9 Å². The lowest BCUT2D eigenvalue weighted by atomic mass is 10.1. The average molecular weight is 377 g/mol. The van der Waals surface area contributed by atoms with Crippen LogP contribution in [0.3, 0.4) is 0 Å². The van der Waals surface area contributed by atoms with Crippen LogP contribution in [-0.4, -0.2) is 22.4 Å². The second-order valence-electron chi connectivity index (χ2n) is 6.20. The van der Waals surface area contributed by atoms with Crippen molar-refractivity contribution in [2.75, 3.05) is 12.4 Å². The molecule has 2 aromatic carbocycles. The molecule has 5 aromatic rings. The average Bonchev–Trinajstić information content (AvgIpc) is 3.33. The maximum Gasteiger partial charge on any atom is 0.230 e. The van der Waals surface area contributed by atoms with Crippen LogP contribution in [0, 0.1) is 0 Å². The van der Waals surface area contributed by atoms with Gasteiger partial charge in [0.25, 0.3) is 0 Å². The molecule has 0 saturated carbocycles. The van der Waals surface area contributed by atoms with Crippen molar-refractivity contribution in [1.82, 2.24) is 9.38 Å². The summed E-state index contributed by atoms with van der Waals surface area (Å²) in [6.07, 6.45) is 3.98. The van der Waals surface area contributed by atoms with Crippen LogP contribution >= 0.6 is 11.3 Å². The minimum atomic E-state index is -0.158. The molecule has 27 heavy (non-hydrogen) atoms. The third-order valence-electron chi connectivity index (χ3n) is 4.46. The molecular weight excluding hydrogens is 362 g/mol. The number of ether oxygens (including phenoxy) is 1. The number of anilines is 1. The zero-order valence-electron chi connectivity index (χ0n) is 14.4. The second-order valence-corrected chi connectivity index (χ2v) is 7.07. The molecule has 0 radical (unpaired) electrons. The van der Waals surface area contributed by atoms with Gasteiger partial charge in [-0.25, -0.2) is 4.98 Å². The lowest BCUT2D eigenvalue weighted by Gasteiger charge is -2.10. The van der Waals surface area contributed by atoms with Crippen molar-refractivity contribution in [2.45, 2.75) is 6.42 Å². The fourth-order valence-electron chi connectivity index (χ4n) is 3.24. The molecule has 0 aliphatic heterocycles. The second kappa shape index (κ2) is 6.14. The largest absolute Gasteiger partial charge is 0.495 e. The maximum absolute atomic E-state index is 12.5. The third kappa shape index (κ3) is 2.72. The van der Waals surface area contributed by atoms with Crippen molar-refractivity contribution >= 4 is 49.8 Å². The van der Waals surface area contributed by atoms with Crippen molar-refractivity contribution in [3.63, 3.8) is 0 Å². The molecule has 3 aromatic heterocycles. The molecule has 134 valence electrons. The summed E-state index contributed by atoms with van der Waals surface area (Å²) in [6.45, 7) is 0. The highest BCUT2D eigenvalue weighted by molar-refractivity contribution is 7.15. The third-order valence-corrected chi connectivity index (χ3v) is 5.23. The van der Waals surface area contributed by atoms with Crippen molar-refractivity contribution in [3.05, 3.63) is 59.9 Å². The Balaban J connectivity index is 1.46. The molecule has 3 heterocycles. The smallest absolute Gasteiger partial charge is 0.230 e. The van der Waals surface area contributed by atoms with Gasteiger partial charge in [-0.2, -0.15) is 0 Å². The molecule has 0 spiro atoms. The molecule has 0 atom stereocenters. The lowest BCUT2D eigenvalue weighted by molar-refractivity contribution is -0.115. The molecule has 0 bridgehead atoms. The Kier molecular flexibility index (Phi) is 3.61. The molecule has 1 amide bonds. The van der Waals surface area contributed by atoms with Gasteiger partial charge < -0.3 is 14.5 Å². The summed E-state index contributed by atoms with van der Waals surface area (Å²) in [5.74, 6) is 0.433. The fourth-order valence-corrected chi connectivity index (χ4v) is 3.96. The highest BCUT2D eigenvalue weighted by Crippen LogP contribution is 2.36. The fraction of sp³-hybridized carbons (Fsp3) is 0.100. The van der Waals surface area contributed by atoms with Crippen LogP contribution < -0.4 is 10.1 Å². The van der Waals surface area contributed by atoms with Crippen LogP contribution in [0.1, 0.15) is 5.69 Å². The summed E-state index contributed by atoms with van der Waals surface area (Å²) < 4.78 is 13.3. The van der Waals surface area contributed by atoms with Gasteiger partial charge in [0.2, 0.25) is 5.91 Å². The Hall–Kier alpha value is -3.32. The number of para-hydroxylation sites is 1. The monoisotopic (exact) mass is 377 g/mol. The normalized spacial score (nSPS) is 11.4. The summed E-state index contributed by atoms with van der Waals surface area (Å²) in [7, 11) is 1.59. The van der Waals surface area contributed by atoms with Gasteiger partial charge in [0.05, 0.1) is 24.9 Å². The highest BCUT2D eigenvalue weighted by Gasteiger charge is 2.15. The van der Waals surface area contributed by atoms with Crippen molar-refractivity contribution in [1.29, 1.82) is 0 Å². The summed E-state index contributed by atoms with van der Waals surface area (Å²) in [5.41, 5.74) is 2.81. The minimum absolute atomic E-state index is 0.158. The van der Waals surface area contributed by atoms with Gasteiger partial charge in [-0.1, -0.05) is 18.2 Å². The standard InChI is InChI=1S/C20H15N3O3S/c1-25-18-9-14-13-4-2-3-5-16(13)26-17(14)10-15(18)22-19(24)8-12-11-23-6-7-27-20(23)21-12/h2-7,9-11H,8H2,1H3,(H,22,24). The number of amides is 1. The maximum atomic E-state index is 12.5. The van der Waals surface area contributed by atoms with E-state index in [1.54, 1.807) is 13.2 Å². The SMILES string of the molecule is COc1cc2c(cc1NC(=O)Cc1cn3ccsc3n1)oc1ccccc12. The van der Waals surface area contributed by atoms with E-state index >= 15 is 0 Å². The number of methoxy groups -OCH3 is 1. The van der Waals surface area contributed by atoms with Crippen LogP contribution in [0.25, 0.3) is 26.9 Å². The molecule has 5 rings (SSSR count). The van der Waals surface area contributed by atoms with Crippen molar-refractivity contribution < 1.29 is 13.9 Å². The Morgan fingerprint density at radius 2 is 2.15 bits per heavy atom. The van der Waals surface area contributed by atoms with Crippen LogP contribution in [0.15, 0.2) is 58.6 Å². The molecule has 0 fully saturated rings. The van der Waals surface area contributed by atoms with E-state index in [0.717, 1.165) is 27.0 Å². The van der Waals surface area contributed by atoms with Gasteiger partial charge in [-0.15, -0.1) is 11.3 Å². The topological polar surface area (TPSA) is 68.8 Å². The Labute approximate surface area is 158 Å². The lowest BCUT2D eigenvalue weighted by Crippen LogP contribution is -2.15. The van der Waals surface area contributed by atoms with Crippen LogP contribution in [0.2, 0.25) is 0 Å². The molecule has 0 saturated heterocycles. The van der Waals surface area contributed by atoms with E-state index in [1.807, 2.05) is 52.5 Å². The zero-order valence-corrected chi connectivity index (χ0v) is 15.2. The van der Waals surface area contributed by atoms with Crippen LogP contribution in [0.4, 0.5) is 5.69 Å². The first-order valence-electron chi connectivity index (χ1n) is 8.41. The van der Waals surface area contributed by atoms with Gasteiger partial charge in [-0.05, 0) is 12.1 Å². The minimum Gasteiger partial charge on any atom is -0.495 e. The van der Waals surface area contributed by atoms with E-state index in [2.05, 4.69) is 10.3 Å². The van der Waals surface area contributed by atoms with Gasteiger partial charge >= 0.3 is 0 Å².